The van der Waals surface area contributed by atoms with Crippen LogP contribution in [0, 0.1) is 10.1 Å². The maximum atomic E-state index is 12.7. The van der Waals surface area contributed by atoms with Crippen LogP contribution in [0.3, 0.4) is 0 Å². The van der Waals surface area contributed by atoms with Crippen LogP contribution < -0.4 is 9.38 Å². The summed E-state index contributed by atoms with van der Waals surface area (Å²) < 4.78 is 4.92. The molecule has 0 aliphatic carbocycles. The zero-order valence-electron chi connectivity index (χ0n) is 13.1. The van der Waals surface area contributed by atoms with Gasteiger partial charge in [0.25, 0.3) is 5.69 Å². The van der Waals surface area contributed by atoms with Crippen LogP contribution in [0.25, 0.3) is 0 Å². The average molecular weight is 327 g/mol. The third kappa shape index (κ3) is 1.60. The Morgan fingerprint density at radius 1 is 1.12 bits per heavy atom. The van der Waals surface area contributed by atoms with Gasteiger partial charge in [0.15, 0.2) is 17.6 Å². The van der Waals surface area contributed by atoms with Crippen molar-refractivity contribution in [3.05, 3.63) is 63.7 Å². The summed E-state index contributed by atoms with van der Waals surface area (Å²) in [6.45, 7) is 0. The molecule has 0 spiro atoms. The maximum absolute atomic E-state index is 12.7. The SMILES string of the molecule is COc1ccc(C2C3C(=O)[N+]2(OC)c2ccc([N+](=O)[O-])cc23)cc1. The van der Waals surface area contributed by atoms with Crippen LogP contribution in [0.2, 0.25) is 0 Å². The number of hydroxylamine groups is 2. The summed E-state index contributed by atoms with van der Waals surface area (Å²) in [5.74, 6) is 0.214. The number of ether oxygens (including phenoxy) is 1. The van der Waals surface area contributed by atoms with E-state index in [-0.39, 0.29) is 22.3 Å². The van der Waals surface area contributed by atoms with Gasteiger partial charge in [0.2, 0.25) is 0 Å². The molecule has 2 aromatic rings. The molecular weight excluding hydrogens is 312 g/mol. The Bertz CT molecular complexity index is 864. The highest BCUT2D eigenvalue weighted by atomic mass is 16.7. The zero-order chi connectivity index (χ0) is 17.1. The number of non-ortho nitro benzene ring substituents is 1. The molecule has 2 aromatic carbocycles. The van der Waals surface area contributed by atoms with Crippen molar-refractivity contribution in [2.24, 2.45) is 0 Å². The number of nitro benzene ring substituents is 1. The van der Waals surface area contributed by atoms with E-state index < -0.39 is 10.8 Å². The summed E-state index contributed by atoms with van der Waals surface area (Å²) in [7, 11) is 3.08. The summed E-state index contributed by atoms with van der Waals surface area (Å²) in [6.07, 6.45) is 0. The number of fused-ring (bicyclic) bond motifs is 5. The average Bonchev–Trinajstić information content (AvgIpc) is 3.04. The molecule has 2 heterocycles. The molecule has 1 fully saturated rings. The monoisotopic (exact) mass is 327 g/mol. The van der Waals surface area contributed by atoms with E-state index >= 15 is 0 Å². The standard InChI is InChI=1S/C17H15N2O5/c1-23-12-6-3-10(4-7-12)16-15-13-9-11(18(21)22)5-8-14(13)19(16,24-2)17(15)20/h3-9,15-16H,1-2H3/q+1. The van der Waals surface area contributed by atoms with Gasteiger partial charge < -0.3 is 4.74 Å². The van der Waals surface area contributed by atoms with Gasteiger partial charge >= 0.3 is 5.91 Å². The molecular formula is C17H15N2O5+. The van der Waals surface area contributed by atoms with Crippen molar-refractivity contribution in [2.75, 3.05) is 14.2 Å². The van der Waals surface area contributed by atoms with E-state index in [0.717, 1.165) is 11.3 Å². The molecule has 0 N–H and O–H groups in total. The molecule has 3 atom stereocenters. The van der Waals surface area contributed by atoms with E-state index in [9.17, 15) is 14.9 Å². The van der Waals surface area contributed by atoms with Gasteiger partial charge in [-0.1, -0.05) is 4.65 Å². The number of nitrogens with zero attached hydrogens (tertiary/aromatic N) is 2. The Labute approximate surface area is 137 Å². The van der Waals surface area contributed by atoms with Crippen LogP contribution in [0.5, 0.6) is 5.75 Å². The third-order valence-corrected chi connectivity index (χ3v) is 4.96. The predicted molar refractivity (Wildman–Crippen MR) is 85.4 cm³/mol. The van der Waals surface area contributed by atoms with E-state index in [1.54, 1.807) is 13.2 Å². The largest absolute Gasteiger partial charge is 0.497 e. The molecule has 0 aromatic heterocycles. The molecule has 2 aliphatic heterocycles. The fourth-order valence-electron chi connectivity index (χ4n) is 3.89. The molecule has 122 valence electrons. The number of rotatable bonds is 4. The number of methoxy groups -OCH3 is 1. The van der Waals surface area contributed by atoms with Crippen LogP contribution in [0.15, 0.2) is 42.5 Å². The molecule has 0 saturated carbocycles. The van der Waals surface area contributed by atoms with E-state index in [1.807, 2.05) is 24.3 Å². The van der Waals surface area contributed by atoms with E-state index in [0.29, 0.717) is 11.3 Å². The zero-order valence-corrected chi connectivity index (χ0v) is 13.1. The van der Waals surface area contributed by atoms with Gasteiger partial charge in [0.05, 0.1) is 19.1 Å². The topological polar surface area (TPSA) is 78.7 Å². The summed E-state index contributed by atoms with van der Waals surface area (Å²) >= 11 is 0. The molecule has 2 aliphatic rings. The number of hydrogen-bond donors (Lipinski definition) is 0. The van der Waals surface area contributed by atoms with Crippen LogP contribution in [0.1, 0.15) is 23.1 Å². The van der Waals surface area contributed by atoms with Crippen molar-refractivity contribution in [2.45, 2.75) is 12.0 Å². The van der Waals surface area contributed by atoms with Gasteiger partial charge in [-0.05, 0) is 24.3 Å². The minimum atomic E-state index is -0.449. The van der Waals surface area contributed by atoms with E-state index in [1.165, 1.54) is 19.2 Å². The van der Waals surface area contributed by atoms with E-state index in [4.69, 9.17) is 9.57 Å². The van der Waals surface area contributed by atoms with Crippen LogP contribution in [-0.2, 0) is 9.63 Å². The molecule has 7 heteroatoms. The first kappa shape index (κ1) is 14.8. The molecule has 7 nitrogen and oxygen atoms in total. The van der Waals surface area contributed by atoms with Crippen LogP contribution in [0.4, 0.5) is 11.4 Å². The number of benzene rings is 2. The summed E-state index contributed by atoms with van der Waals surface area (Å²) in [4.78, 5) is 28.9. The Kier molecular flexibility index (Phi) is 3.00. The first-order chi connectivity index (χ1) is 11.5. The second-order valence-electron chi connectivity index (χ2n) is 5.87. The van der Waals surface area contributed by atoms with Gasteiger partial charge in [0.1, 0.15) is 5.75 Å². The van der Waals surface area contributed by atoms with Gasteiger partial charge in [-0.3, -0.25) is 10.1 Å². The molecule has 1 amide bonds. The normalized spacial score (nSPS) is 26.7. The van der Waals surface area contributed by atoms with Gasteiger partial charge in [0, 0.05) is 29.3 Å². The molecule has 3 unspecified atom stereocenters. The molecule has 4 rings (SSSR count). The Morgan fingerprint density at radius 3 is 2.42 bits per heavy atom. The first-order valence-electron chi connectivity index (χ1n) is 7.46. The van der Waals surface area contributed by atoms with Gasteiger partial charge in [-0.2, -0.15) is 4.84 Å². The smallest absolute Gasteiger partial charge is 0.365 e. The lowest BCUT2D eigenvalue weighted by atomic mass is 9.83. The number of carbonyl (C=O) groups excluding carboxylic acids is 1. The van der Waals surface area contributed by atoms with Crippen LogP contribution in [-0.4, -0.2) is 25.1 Å². The fraction of sp³-hybridized carbons (Fsp3) is 0.235. The highest BCUT2D eigenvalue weighted by Gasteiger charge is 2.76. The number of nitro groups is 1. The maximum Gasteiger partial charge on any atom is 0.365 e. The molecule has 1 saturated heterocycles. The number of carbonyl (C=O) groups is 1. The number of quaternary nitrogens is 1. The van der Waals surface area contributed by atoms with Crippen molar-refractivity contribution < 1.29 is 19.3 Å². The summed E-state index contributed by atoms with van der Waals surface area (Å²) in [5.41, 5.74) is 2.27. The lowest BCUT2D eigenvalue weighted by Gasteiger charge is -2.42. The molecule has 0 radical (unpaired) electrons. The van der Waals surface area contributed by atoms with Crippen molar-refractivity contribution >= 4 is 17.3 Å². The quantitative estimate of drug-likeness (QED) is 0.373. The molecule has 2 bridgehead atoms. The Morgan fingerprint density at radius 2 is 1.83 bits per heavy atom. The highest BCUT2D eigenvalue weighted by Crippen LogP contribution is 2.64. The van der Waals surface area contributed by atoms with Crippen molar-refractivity contribution in [1.29, 1.82) is 0 Å². The minimum absolute atomic E-state index is 0.0157. The third-order valence-electron chi connectivity index (χ3n) is 4.96. The predicted octanol–water partition coefficient (Wildman–Crippen LogP) is 2.85. The lowest BCUT2D eigenvalue weighted by Crippen LogP contribution is -2.64. The number of hydrogen-bond acceptors (Lipinski definition) is 5. The Hall–Kier alpha value is -2.77. The minimum Gasteiger partial charge on any atom is -0.497 e. The summed E-state index contributed by atoms with van der Waals surface area (Å²) in [5, 5.41) is 11.0. The van der Waals surface area contributed by atoms with E-state index in [2.05, 4.69) is 0 Å². The lowest BCUT2D eigenvalue weighted by molar-refractivity contribution is -0.384. The van der Waals surface area contributed by atoms with Crippen molar-refractivity contribution in [3.63, 3.8) is 0 Å². The van der Waals surface area contributed by atoms with Crippen LogP contribution >= 0.6 is 0 Å². The van der Waals surface area contributed by atoms with Gasteiger partial charge in [-0.25, -0.2) is 4.79 Å². The second-order valence-corrected chi connectivity index (χ2v) is 5.87. The van der Waals surface area contributed by atoms with Gasteiger partial charge in [-0.15, -0.1) is 0 Å². The second kappa shape index (κ2) is 4.86. The van der Waals surface area contributed by atoms with Crippen molar-refractivity contribution in [1.82, 2.24) is 4.65 Å². The molecule has 24 heavy (non-hydrogen) atoms. The first-order valence-corrected chi connectivity index (χ1v) is 7.46. The highest BCUT2D eigenvalue weighted by molar-refractivity contribution is 6.07. The number of amides is 1. The number of β-lactam (4-membered cyclic amide) rings is 1. The summed E-state index contributed by atoms with van der Waals surface area (Å²) in [6, 6.07) is 11.8. The van der Waals surface area contributed by atoms with Crippen molar-refractivity contribution in [3.8, 4) is 5.75 Å². The fourth-order valence-corrected chi connectivity index (χ4v) is 3.89. The Balaban J connectivity index is 1.83.